The number of hydrogen-bond acceptors (Lipinski definition) is 3. The van der Waals surface area contributed by atoms with Gasteiger partial charge in [0, 0.05) is 52.7 Å². The minimum absolute atomic E-state index is 0.168. The van der Waals surface area contributed by atoms with E-state index in [0.717, 1.165) is 25.2 Å². The van der Waals surface area contributed by atoms with Crippen LogP contribution in [-0.2, 0) is 6.54 Å². The summed E-state index contributed by atoms with van der Waals surface area (Å²) in [6.45, 7) is 3.12. The highest BCUT2D eigenvalue weighted by Gasteiger charge is 2.18. The molecule has 0 spiro atoms. The Morgan fingerprint density at radius 3 is 2.48 bits per heavy atom. The summed E-state index contributed by atoms with van der Waals surface area (Å²) in [6.07, 6.45) is 8.20. The molecule has 6 heteroatoms. The van der Waals surface area contributed by atoms with Gasteiger partial charge in [-0.05, 0) is 54.8 Å². The van der Waals surface area contributed by atoms with Crippen LogP contribution in [0.3, 0.4) is 0 Å². The molecule has 2 heterocycles. The van der Waals surface area contributed by atoms with Gasteiger partial charge in [-0.15, -0.1) is 11.8 Å². The van der Waals surface area contributed by atoms with E-state index < -0.39 is 0 Å². The highest BCUT2D eigenvalue weighted by atomic mass is 35.5. The van der Waals surface area contributed by atoms with Crippen LogP contribution in [-0.4, -0.2) is 22.6 Å². The van der Waals surface area contributed by atoms with Gasteiger partial charge in [0.2, 0.25) is 0 Å². The molecule has 1 saturated heterocycles. The van der Waals surface area contributed by atoms with E-state index >= 15 is 0 Å². The van der Waals surface area contributed by atoms with Crippen LogP contribution in [0.4, 0.5) is 5.69 Å². The molecular formula is C21H21Cl2N3S. The molecule has 1 unspecified atom stereocenters. The minimum atomic E-state index is 0.168. The Balaban J connectivity index is 1.56. The zero-order valence-corrected chi connectivity index (χ0v) is 17.2. The van der Waals surface area contributed by atoms with Gasteiger partial charge in [0.05, 0.1) is 11.6 Å². The number of thioether (sulfide) groups is 1. The van der Waals surface area contributed by atoms with Crippen molar-refractivity contribution < 1.29 is 0 Å². The van der Waals surface area contributed by atoms with Crippen LogP contribution >= 0.6 is 35.0 Å². The van der Waals surface area contributed by atoms with Crippen LogP contribution in [0.5, 0.6) is 0 Å². The van der Waals surface area contributed by atoms with Crippen LogP contribution in [0.1, 0.15) is 23.7 Å². The largest absolute Gasteiger partial charge is 0.372 e. The average Bonchev–Trinajstić information content (AvgIpc) is 3.36. The van der Waals surface area contributed by atoms with E-state index in [1.807, 2.05) is 42.5 Å². The summed E-state index contributed by atoms with van der Waals surface area (Å²) in [5.74, 6) is 0. The van der Waals surface area contributed by atoms with Crippen LogP contribution in [0, 0.1) is 0 Å². The second-order valence-electron chi connectivity index (χ2n) is 6.72. The lowest BCUT2D eigenvalue weighted by molar-refractivity contribution is 0.683. The third-order valence-electron chi connectivity index (χ3n) is 4.83. The molecule has 0 saturated carbocycles. The number of nitrogens with zero attached hydrogens (tertiary/aromatic N) is 3. The standard InChI is InChI=1S/C21H21Cl2N3S/c22-16-3-8-19(20(23)13-16)21(14-25-12-9-24-15-25)27-18-6-4-17(5-7-18)26-10-1-2-11-26/h3-9,12-13,15,21H,1-2,10-11,14H2. The van der Waals surface area contributed by atoms with Crippen molar-refractivity contribution in [2.24, 2.45) is 0 Å². The minimum Gasteiger partial charge on any atom is -0.372 e. The molecule has 0 radical (unpaired) electrons. The van der Waals surface area contributed by atoms with E-state index in [2.05, 4.69) is 38.7 Å². The number of hydrogen-bond donors (Lipinski definition) is 0. The van der Waals surface area contributed by atoms with E-state index in [0.29, 0.717) is 10.0 Å². The topological polar surface area (TPSA) is 21.1 Å². The molecule has 1 aliphatic heterocycles. The molecule has 1 atom stereocenters. The number of halogens is 2. The highest BCUT2D eigenvalue weighted by molar-refractivity contribution is 7.99. The second-order valence-corrected chi connectivity index (χ2v) is 8.84. The maximum atomic E-state index is 6.51. The molecule has 1 aliphatic rings. The number of anilines is 1. The summed E-state index contributed by atoms with van der Waals surface area (Å²) in [7, 11) is 0. The van der Waals surface area contributed by atoms with E-state index in [4.69, 9.17) is 23.2 Å². The first kappa shape index (κ1) is 18.7. The molecule has 0 amide bonds. The third-order valence-corrected chi connectivity index (χ3v) is 6.63. The predicted octanol–water partition coefficient (Wildman–Crippen LogP) is 6.32. The Morgan fingerprint density at radius 2 is 1.81 bits per heavy atom. The highest BCUT2D eigenvalue weighted by Crippen LogP contribution is 2.40. The Kier molecular flexibility index (Phi) is 5.96. The maximum absolute atomic E-state index is 6.51. The summed E-state index contributed by atoms with van der Waals surface area (Å²) in [6, 6.07) is 14.6. The van der Waals surface area contributed by atoms with E-state index in [1.54, 1.807) is 6.20 Å². The zero-order chi connectivity index (χ0) is 18.6. The summed E-state index contributed by atoms with van der Waals surface area (Å²) < 4.78 is 2.08. The van der Waals surface area contributed by atoms with Crippen LogP contribution in [0.2, 0.25) is 10.0 Å². The summed E-state index contributed by atoms with van der Waals surface area (Å²) in [4.78, 5) is 7.84. The normalized spacial score (nSPS) is 15.3. The van der Waals surface area contributed by atoms with Gasteiger partial charge in [-0.3, -0.25) is 0 Å². The number of imidazole rings is 1. The van der Waals surface area contributed by atoms with Crippen molar-refractivity contribution in [1.82, 2.24) is 9.55 Å². The van der Waals surface area contributed by atoms with Crippen molar-refractivity contribution >= 4 is 40.7 Å². The SMILES string of the molecule is Clc1ccc(C(Cn2ccnc2)Sc2ccc(N3CCCC3)cc2)c(Cl)c1. The van der Waals surface area contributed by atoms with Gasteiger partial charge in [0.1, 0.15) is 0 Å². The van der Waals surface area contributed by atoms with E-state index in [-0.39, 0.29) is 5.25 Å². The molecule has 1 fully saturated rings. The van der Waals surface area contributed by atoms with Crippen LogP contribution in [0.25, 0.3) is 0 Å². The molecule has 27 heavy (non-hydrogen) atoms. The Bertz CT molecular complexity index is 875. The molecule has 3 nitrogen and oxygen atoms in total. The molecule has 0 bridgehead atoms. The number of rotatable bonds is 6. The van der Waals surface area contributed by atoms with Crippen LogP contribution < -0.4 is 4.90 Å². The molecule has 2 aromatic carbocycles. The fourth-order valence-electron chi connectivity index (χ4n) is 3.42. The molecule has 140 valence electrons. The molecule has 3 aromatic rings. The fourth-order valence-corrected chi connectivity index (χ4v) is 5.23. The van der Waals surface area contributed by atoms with E-state index in [9.17, 15) is 0 Å². The lowest BCUT2D eigenvalue weighted by Gasteiger charge is -2.21. The number of benzene rings is 2. The van der Waals surface area contributed by atoms with Gasteiger partial charge in [0.15, 0.2) is 0 Å². The Morgan fingerprint density at radius 1 is 1.04 bits per heavy atom. The lowest BCUT2D eigenvalue weighted by atomic mass is 10.1. The molecule has 0 aliphatic carbocycles. The smallest absolute Gasteiger partial charge is 0.0946 e. The van der Waals surface area contributed by atoms with Gasteiger partial charge in [-0.25, -0.2) is 4.98 Å². The summed E-state index contributed by atoms with van der Waals surface area (Å²) >= 11 is 14.4. The van der Waals surface area contributed by atoms with Gasteiger partial charge < -0.3 is 9.47 Å². The van der Waals surface area contributed by atoms with E-state index in [1.165, 1.54) is 23.4 Å². The Hall–Kier alpha value is -1.62. The number of aromatic nitrogens is 2. The third kappa shape index (κ3) is 4.63. The zero-order valence-electron chi connectivity index (χ0n) is 14.9. The Labute approximate surface area is 174 Å². The average molecular weight is 418 g/mol. The van der Waals surface area contributed by atoms with Gasteiger partial charge in [-0.2, -0.15) is 0 Å². The quantitative estimate of drug-likeness (QED) is 0.437. The second kappa shape index (κ2) is 8.59. The first-order valence-electron chi connectivity index (χ1n) is 9.11. The molecule has 1 aromatic heterocycles. The first-order chi connectivity index (χ1) is 13.2. The van der Waals surface area contributed by atoms with Crippen molar-refractivity contribution in [2.45, 2.75) is 29.5 Å². The van der Waals surface area contributed by atoms with Crippen molar-refractivity contribution in [2.75, 3.05) is 18.0 Å². The molecular weight excluding hydrogens is 397 g/mol. The predicted molar refractivity (Wildman–Crippen MR) is 115 cm³/mol. The monoisotopic (exact) mass is 417 g/mol. The van der Waals surface area contributed by atoms with Crippen molar-refractivity contribution in [1.29, 1.82) is 0 Å². The molecule has 4 rings (SSSR count). The molecule has 0 N–H and O–H groups in total. The van der Waals surface area contributed by atoms with Gasteiger partial charge in [-0.1, -0.05) is 29.3 Å². The maximum Gasteiger partial charge on any atom is 0.0946 e. The van der Waals surface area contributed by atoms with Crippen molar-refractivity contribution in [3.8, 4) is 0 Å². The summed E-state index contributed by atoms with van der Waals surface area (Å²) in [5.41, 5.74) is 2.40. The van der Waals surface area contributed by atoms with Crippen molar-refractivity contribution in [3.63, 3.8) is 0 Å². The van der Waals surface area contributed by atoms with Gasteiger partial charge >= 0.3 is 0 Å². The van der Waals surface area contributed by atoms with Gasteiger partial charge in [0.25, 0.3) is 0 Å². The summed E-state index contributed by atoms with van der Waals surface area (Å²) in [5, 5.41) is 1.53. The fraction of sp³-hybridized carbons (Fsp3) is 0.286. The van der Waals surface area contributed by atoms with Crippen molar-refractivity contribution in [3.05, 3.63) is 76.8 Å². The van der Waals surface area contributed by atoms with Crippen LogP contribution in [0.15, 0.2) is 66.1 Å². The first-order valence-corrected chi connectivity index (χ1v) is 10.7. The lowest BCUT2D eigenvalue weighted by Crippen LogP contribution is -2.17.